The highest BCUT2D eigenvalue weighted by Crippen LogP contribution is 2.56. The van der Waals surface area contributed by atoms with E-state index in [0.717, 1.165) is 36.1 Å². The predicted molar refractivity (Wildman–Crippen MR) is 93.8 cm³/mol. The van der Waals surface area contributed by atoms with Crippen molar-refractivity contribution in [1.82, 2.24) is 0 Å². The fraction of sp³-hybridized carbons (Fsp3) is 0.318. The molecule has 0 radical (unpaired) electrons. The molecule has 0 fully saturated rings. The van der Waals surface area contributed by atoms with E-state index in [9.17, 15) is 4.79 Å². The van der Waals surface area contributed by atoms with E-state index in [1.165, 1.54) is 16.7 Å². The van der Waals surface area contributed by atoms with Gasteiger partial charge in [0, 0.05) is 28.9 Å². The highest BCUT2D eigenvalue weighted by Gasteiger charge is 2.49. The Morgan fingerprint density at radius 3 is 2.79 bits per heavy atom. The monoisotopic (exact) mass is 316 g/mol. The fourth-order valence-electron chi connectivity index (χ4n) is 5.14. The second-order valence-corrected chi connectivity index (χ2v) is 7.11. The number of allylic oxidation sites excluding steroid dienone is 2. The molecule has 0 saturated heterocycles. The Kier molecular flexibility index (Phi) is 2.97. The van der Waals surface area contributed by atoms with Crippen LogP contribution in [0.4, 0.5) is 0 Å². The van der Waals surface area contributed by atoms with Gasteiger partial charge in [-0.2, -0.15) is 0 Å². The molecular formula is C22H20O2. The molecule has 0 aromatic heterocycles. The normalized spacial score (nSPS) is 26.8. The summed E-state index contributed by atoms with van der Waals surface area (Å²) in [6.45, 7) is 0. The van der Waals surface area contributed by atoms with Crippen LogP contribution in [0.3, 0.4) is 0 Å². The zero-order chi connectivity index (χ0) is 16.3. The number of Topliss-reactive ketones (excluding diaryl/α,β-unsaturated/α-hetero) is 1. The first-order chi connectivity index (χ1) is 11.8. The fourth-order valence-corrected chi connectivity index (χ4v) is 5.14. The van der Waals surface area contributed by atoms with Gasteiger partial charge in [-0.05, 0) is 36.5 Å². The first-order valence-electron chi connectivity index (χ1n) is 8.77. The average molecular weight is 316 g/mol. The molecule has 2 nitrogen and oxygen atoms in total. The van der Waals surface area contributed by atoms with Gasteiger partial charge in [0.2, 0.25) is 0 Å². The van der Waals surface area contributed by atoms with Gasteiger partial charge < -0.3 is 4.74 Å². The van der Waals surface area contributed by atoms with Crippen LogP contribution in [0.1, 0.15) is 51.7 Å². The molecule has 3 atom stereocenters. The number of carbonyl (C=O) groups excluding carboxylic acids is 1. The summed E-state index contributed by atoms with van der Waals surface area (Å²) in [6.07, 6.45) is 5.54. The largest absolute Gasteiger partial charge is 0.496 e. The molecule has 0 N–H and O–H groups in total. The molecule has 0 unspecified atom stereocenters. The number of hydrogen-bond donors (Lipinski definition) is 0. The van der Waals surface area contributed by atoms with Crippen LogP contribution in [0.5, 0.6) is 5.75 Å². The average Bonchev–Trinajstić information content (AvgIpc) is 2.94. The summed E-state index contributed by atoms with van der Waals surface area (Å²) in [4.78, 5) is 13.3. The third-order valence-electron chi connectivity index (χ3n) is 6.12. The molecule has 2 aromatic carbocycles. The van der Waals surface area contributed by atoms with Gasteiger partial charge in [-0.3, -0.25) is 4.79 Å². The molecule has 0 bridgehead atoms. The van der Waals surface area contributed by atoms with Crippen LogP contribution in [0.2, 0.25) is 0 Å². The number of hydrogen-bond acceptors (Lipinski definition) is 2. The molecule has 0 aliphatic heterocycles. The highest BCUT2D eigenvalue weighted by molar-refractivity contribution is 6.05. The summed E-state index contributed by atoms with van der Waals surface area (Å²) < 4.78 is 5.59. The molecule has 2 heteroatoms. The first kappa shape index (κ1) is 14.0. The molecule has 3 aliphatic rings. The minimum absolute atomic E-state index is 0.0396. The first-order valence-corrected chi connectivity index (χ1v) is 8.77. The molecule has 2 aromatic rings. The maximum Gasteiger partial charge on any atom is 0.167 e. The molecule has 0 spiro atoms. The minimum atomic E-state index is 0.0396. The molecule has 0 heterocycles. The second kappa shape index (κ2) is 5.07. The maximum atomic E-state index is 13.3. The van der Waals surface area contributed by atoms with Gasteiger partial charge in [0.25, 0.3) is 0 Å². The van der Waals surface area contributed by atoms with Crippen molar-refractivity contribution < 1.29 is 9.53 Å². The highest BCUT2D eigenvalue weighted by atomic mass is 16.5. The summed E-state index contributed by atoms with van der Waals surface area (Å²) in [5.74, 6) is 1.72. The van der Waals surface area contributed by atoms with Gasteiger partial charge in [0.1, 0.15) is 5.75 Å². The lowest BCUT2D eigenvalue weighted by molar-refractivity contribution is 0.0903. The van der Waals surface area contributed by atoms with E-state index in [0.29, 0.717) is 5.78 Å². The van der Waals surface area contributed by atoms with Crippen LogP contribution in [-0.4, -0.2) is 12.9 Å². The zero-order valence-corrected chi connectivity index (χ0v) is 13.8. The van der Waals surface area contributed by atoms with Crippen molar-refractivity contribution in [2.24, 2.45) is 5.92 Å². The van der Waals surface area contributed by atoms with E-state index in [1.54, 1.807) is 7.11 Å². The van der Waals surface area contributed by atoms with Gasteiger partial charge in [-0.15, -0.1) is 0 Å². The van der Waals surface area contributed by atoms with Gasteiger partial charge in [-0.1, -0.05) is 48.0 Å². The van der Waals surface area contributed by atoms with E-state index < -0.39 is 0 Å². The Bertz CT molecular complexity index is 877. The standard InChI is InChI=1S/C22H20O2/c1-24-18-8-4-7-17-20(18)16-12-11-14-10-9-13-5-2-3-6-15(13)19(14)21(16)22(17)23/h2-8,11,16,19,21H,9-10,12H2,1H3/t16-,19+,21+/m0/s1. The van der Waals surface area contributed by atoms with E-state index >= 15 is 0 Å². The van der Waals surface area contributed by atoms with Crippen LogP contribution >= 0.6 is 0 Å². The lowest BCUT2D eigenvalue weighted by Crippen LogP contribution is -2.30. The van der Waals surface area contributed by atoms with Crippen molar-refractivity contribution in [3.8, 4) is 5.75 Å². The number of carbonyl (C=O) groups is 1. The quantitative estimate of drug-likeness (QED) is 0.716. The SMILES string of the molecule is COc1cccc2c1[C@@H]1CC=C3CCc4ccccc4[C@@H]3[C@@H]1C2=O. The van der Waals surface area contributed by atoms with Gasteiger partial charge in [-0.25, -0.2) is 0 Å². The minimum Gasteiger partial charge on any atom is -0.496 e. The molecule has 3 aliphatic carbocycles. The lowest BCUT2D eigenvalue weighted by Gasteiger charge is -2.38. The Morgan fingerprint density at radius 2 is 1.92 bits per heavy atom. The molecule has 24 heavy (non-hydrogen) atoms. The molecule has 120 valence electrons. The molecular weight excluding hydrogens is 296 g/mol. The number of ether oxygens (including phenoxy) is 1. The predicted octanol–water partition coefficient (Wildman–Crippen LogP) is 4.65. The number of fused-ring (bicyclic) bond motifs is 7. The number of benzene rings is 2. The van der Waals surface area contributed by atoms with Gasteiger partial charge in [0.15, 0.2) is 5.78 Å². The summed E-state index contributed by atoms with van der Waals surface area (Å²) in [7, 11) is 1.70. The molecule has 0 amide bonds. The van der Waals surface area contributed by atoms with E-state index in [-0.39, 0.29) is 17.8 Å². The van der Waals surface area contributed by atoms with Crippen LogP contribution < -0.4 is 4.74 Å². The van der Waals surface area contributed by atoms with Crippen LogP contribution in [-0.2, 0) is 6.42 Å². The second-order valence-electron chi connectivity index (χ2n) is 7.11. The van der Waals surface area contributed by atoms with Crippen molar-refractivity contribution >= 4 is 5.78 Å². The molecule has 5 rings (SSSR count). The smallest absolute Gasteiger partial charge is 0.167 e. The van der Waals surface area contributed by atoms with Crippen molar-refractivity contribution in [3.05, 3.63) is 76.4 Å². The summed E-state index contributed by atoms with van der Waals surface area (Å²) in [5.41, 5.74) is 6.26. The Hall–Kier alpha value is -2.35. The third-order valence-corrected chi connectivity index (χ3v) is 6.12. The van der Waals surface area contributed by atoms with Crippen molar-refractivity contribution in [2.75, 3.05) is 7.11 Å². The van der Waals surface area contributed by atoms with Gasteiger partial charge in [0.05, 0.1) is 7.11 Å². The number of rotatable bonds is 1. The Balaban J connectivity index is 1.70. The Morgan fingerprint density at radius 1 is 1.04 bits per heavy atom. The summed E-state index contributed by atoms with van der Waals surface area (Å²) in [6, 6.07) is 14.6. The van der Waals surface area contributed by atoms with Gasteiger partial charge >= 0.3 is 0 Å². The zero-order valence-electron chi connectivity index (χ0n) is 13.8. The number of ketones is 1. The maximum absolute atomic E-state index is 13.3. The van der Waals surface area contributed by atoms with Crippen LogP contribution in [0, 0.1) is 5.92 Å². The number of aryl methyl sites for hydroxylation is 1. The number of methoxy groups -OCH3 is 1. The van der Waals surface area contributed by atoms with Crippen LogP contribution in [0.15, 0.2) is 54.1 Å². The van der Waals surface area contributed by atoms with Crippen molar-refractivity contribution in [2.45, 2.75) is 31.1 Å². The lowest BCUT2D eigenvalue weighted by atomic mass is 9.64. The van der Waals surface area contributed by atoms with E-state index in [4.69, 9.17) is 4.74 Å². The summed E-state index contributed by atoms with van der Waals surface area (Å²) in [5, 5.41) is 0. The van der Waals surface area contributed by atoms with Crippen molar-refractivity contribution in [1.29, 1.82) is 0 Å². The molecule has 0 saturated carbocycles. The Labute approximate surface area is 142 Å². The van der Waals surface area contributed by atoms with E-state index in [1.807, 2.05) is 18.2 Å². The summed E-state index contributed by atoms with van der Waals surface area (Å²) >= 11 is 0. The van der Waals surface area contributed by atoms with Crippen molar-refractivity contribution in [3.63, 3.8) is 0 Å². The van der Waals surface area contributed by atoms with Crippen LogP contribution in [0.25, 0.3) is 0 Å². The van der Waals surface area contributed by atoms with E-state index in [2.05, 4.69) is 30.3 Å². The topological polar surface area (TPSA) is 26.3 Å². The third kappa shape index (κ3) is 1.74.